The van der Waals surface area contributed by atoms with Gasteiger partial charge in [0.05, 0.1) is 27.6 Å². The fraction of sp³-hybridized carbons (Fsp3) is 0.0392. The lowest BCUT2D eigenvalue weighted by Crippen LogP contribution is -2.07. The predicted molar refractivity (Wildman–Crippen MR) is 234 cm³/mol. The van der Waals surface area contributed by atoms with Gasteiger partial charge in [-0.15, -0.1) is 0 Å². The number of aromatic nitrogens is 6. The van der Waals surface area contributed by atoms with Crippen molar-refractivity contribution in [3.05, 3.63) is 187 Å². The van der Waals surface area contributed by atoms with E-state index in [-0.39, 0.29) is 0 Å². The molecule has 0 spiro atoms. The first-order valence-electron chi connectivity index (χ1n) is 19.5. The molecule has 6 nitrogen and oxygen atoms in total. The predicted octanol–water partition coefficient (Wildman–Crippen LogP) is 12.3. The van der Waals surface area contributed by atoms with Gasteiger partial charge >= 0.3 is 0 Å². The van der Waals surface area contributed by atoms with E-state index < -0.39 is 0 Å². The molecule has 6 heteroatoms. The molecule has 0 amide bonds. The van der Waals surface area contributed by atoms with Gasteiger partial charge in [-0.1, -0.05) is 133 Å². The van der Waals surface area contributed by atoms with Gasteiger partial charge in [0.25, 0.3) is 0 Å². The second-order valence-corrected chi connectivity index (χ2v) is 14.8. The summed E-state index contributed by atoms with van der Waals surface area (Å²) in [4.78, 5) is 15.6. The molecule has 7 aromatic carbocycles. The molecule has 0 atom stereocenters. The lowest BCUT2D eigenvalue weighted by Gasteiger charge is -2.15. The molecule has 0 saturated carbocycles. The molecule has 0 saturated heterocycles. The Labute approximate surface area is 328 Å². The first-order chi connectivity index (χ1) is 28.3. The van der Waals surface area contributed by atoms with Gasteiger partial charge in [0.1, 0.15) is 0 Å². The highest BCUT2D eigenvalue weighted by atomic mass is 15.2. The Morgan fingerprint density at radius 3 is 1.46 bits per heavy atom. The summed E-state index contributed by atoms with van der Waals surface area (Å²) in [6.07, 6.45) is 6.73. The highest BCUT2D eigenvalue weighted by Crippen LogP contribution is 2.42. The largest absolute Gasteiger partial charge is 0.310 e. The Bertz CT molecular complexity index is 3330. The zero-order chi connectivity index (χ0) is 37.5. The zero-order valence-electron chi connectivity index (χ0n) is 30.9. The summed E-state index contributed by atoms with van der Waals surface area (Å²) < 4.78 is 7.09. The molecular formula is C51H34N6. The molecule has 4 aromatic heterocycles. The van der Waals surface area contributed by atoms with E-state index in [1.165, 1.54) is 32.9 Å². The van der Waals surface area contributed by atoms with Crippen molar-refractivity contribution in [1.82, 2.24) is 28.7 Å². The third-order valence-corrected chi connectivity index (χ3v) is 11.6. The quantitative estimate of drug-likeness (QED) is 0.177. The number of hydrogen-bond acceptors (Lipinski definition) is 3. The maximum atomic E-state index is 5.26. The molecule has 4 heterocycles. The summed E-state index contributed by atoms with van der Waals surface area (Å²) in [7, 11) is 0. The van der Waals surface area contributed by atoms with Gasteiger partial charge in [-0.25, -0.2) is 4.98 Å². The molecule has 1 aliphatic rings. The molecule has 0 aliphatic heterocycles. The molecule has 1 aliphatic carbocycles. The van der Waals surface area contributed by atoms with Crippen molar-refractivity contribution in [2.45, 2.75) is 12.8 Å². The van der Waals surface area contributed by atoms with Gasteiger partial charge in [-0.05, 0) is 66.9 Å². The average Bonchev–Trinajstić information content (AvgIpc) is 3.93. The van der Waals surface area contributed by atoms with Gasteiger partial charge in [0.2, 0.25) is 5.95 Å². The van der Waals surface area contributed by atoms with Gasteiger partial charge in [0.15, 0.2) is 11.6 Å². The summed E-state index contributed by atoms with van der Waals surface area (Å²) in [6.45, 7) is 0. The summed E-state index contributed by atoms with van der Waals surface area (Å²) in [5.74, 6) is 1.83. The molecule has 12 rings (SSSR count). The molecule has 0 N–H and O–H groups in total. The normalized spacial score (nSPS) is 12.7. The second-order valence-electron chi connectivity index (χ2n) is 14.8. The number of allylic oxidation sites excluding steroid dienone is 1. The van der Waals surface area contributed by atoms with Crippen LogP contribution >= 0.6 is 0 Å². The molecule has 11 aromatic rings. The molecule has 268 valence electrons. The van der Waals surface area contributed by atoms with Crippen LogP contribution in [-0.4, -0.2) is 28.7 Å². The lowest BCUT2D eigenvalue weighted by atomic mass is 10.0. The highest BCUT2D eigenvalue weighted by molar-refractivity contribution is 6.23. The topological polar surface area (TPSA) is 53.5 Å². The Hall–Kier alpha value is -7.57. The van der Waals surface area contributed by atoms with Gasteiger partial charge in [-0.2, -0.15) is 9.97 Å². The van der Waals surface area contributed by atoms with Gasteiger partial charge in [-0.3, -0.25) is 4.57 Å². The van der Waals surface area contributed by atoms with E-state index in [9.17, 15) is 0 Å². The summed E-state index contributed by atoms with van der Waals surface area (Å²) in [6, 6.07) is 60.1. The number of benzene rings is 7. The number of para-hydroxylation sites is 3. The maximum Gasteiger partial charge on any atom is 0.238 e. The number of hydrogen-bond donors (Lipinski definition) is 0. The van der Waals surface area contributed by atoms with E-state index in [0.29, 0.717) is 17.6 Å². The van der Waals surface area contributed by atoms with Crippen molar-refractivity contribution in [2.24, 2.45) is 0 Å². The van der Waals surface area contributed by atoms with Crippen LogP contribution in [0.15, 0.2) is 176 Å². The molecular weight excluding hydrogens is 697 g/mol. The Balaban J connectivity index is 1.15. The van der Waals surface area contributed by atoms with Crippen LogP contribution in [-0.2, 0) is 6.42 Å². The van der Waals surface area contributed by atoms with Crippen LogP contribution in [0.4, 0.5) is 0 Å². The first-order valence-corrected chi connectivity index (χ1v) is 19.5. The van der Waals surface area contributed by atoms with E-state index in [2.05, 4.69) is 159 Å². The lowest BCUT2D eigenvalue weighted by molar-refractivity contribution is 0.953. The third-order valence-electron chi connectivity index (χ3n) is 11.6. The van der Waals surface area contributed by atoms with E-state index in [1.54, 1.807) is 0 Å². The van der Waals surface area contributed by atoms with Crippen molar-refractivity contribution in [2.75, 3.05) is 0 Å². The van der Waals surface area contributed by atoms with Crippen molar-refractivity contribution in [3.8, 4) is 40.1 Å². The fourth-order valence-corrected chi connectivity index (χ4v) is 9.09. The third kappa shape index (κ3) is 4.80. The monoisotopic (exact) mass is 730 g/mol. The van der Waals surface area contributed by atoms with Crippen LogP contribution in [0.1, 0.15) is 17.7 Å². The standard InChI is InChI=1S/C51H34N6/c1-3-15-33(16-4-1)49-52-50(34-17-5-2-6-18-34)54-51(53-49)57-46-26-14-10-22-40(46)42-32-31-41-39-21-9-13-25-45(39)56(47(41)48(42)57)36-29-27-35(28-30-36)55-43-23-11-7-19-37(43)38-20-8-12-24-44(38)55/h1-7,9-19,21-32H,8,20H2. The summed E-state index contributed by atoms with van der Waals surface area (Å²) in [5.41, 5.74) is 12.4. The van der Waals surface area contributed by atoms with E-state index in [1.807, 2.05) is 36.4 Å². The molecule has 0 unspecified atom stereocenters. The number of fused-ring (bicyclic) bond motifs is 10. The van der Waals surface area contributed by atoms with Crippen LogP contribution in [0.5, 0.6) is 0 Å². The van der Waals surface area contributed by atoms with Crippen LogP contribution in [0.2, 0.25) is 0 Å². The average molecular weight is 731 g/mol. The molecule has 0 fully saturated rings. The minimum absolute atomic E-state index is 0.575. The van der Waals surface area contributed by atoms with Crippen molar-refractivity contribution in [3.63, 3.8) is 0 Å². The molecule has 0 radical (unpaired) electrons. The smallest absolute Gasteiger partial charge is 0.238 e. The Kier molecular flexibility index (Phi) is 6.95. The number of rotatable bonds is 5. The van der Waals surface area contributed by atoms with E-state index >= 15 is 0 Å². The second kappa shape index (κ2) is 12.5. The van der Waals surface area contributed by atoms with Crippen LogP contribution in [0.3, 0.4) is 0 Å². The zero-order valence-corrected chi connectivity index (χ0v) is 30.9. The fourth-order valence-electron chi connectivity index (χ4n) is 9.09. The van der Waals surface area contributed by atoms with E-state index in [0.717, 1.165) is 68.2 Å². The van der Waals surface area contributed by atoms with Crippen molar-refractivity contribution in [1.29, 1.82) is 0 Å². The molecule has 57 heavy (non-hydrogen) atoms. The van der Waals surface area contributed by atoms with Crippen LogP contribution in [0.25, 0.3) is 101 Å². The minimum Gasteiger partial charge on any atom is -0.310 e. The highest BCUT2D eigenvalue weighted by Gasteiger charge is 2.24. The SMILES string of the molecule is C1=Cc2c(c3ccccc3n2-c2ccc(-n3c4ccccc4c4ccc5c6ccccc6n(-c6nc(-c7ccccc7)nc(-c7ccccc7)n6)c5c43)cc2)CC1. The van der Waals surface area contributed by atoms with E-state index in [4.69, 9.17) is 15.0 Å². The van der Waals surface area contributed by atoms with Gasteiger partial charge < -0.3 is 9.13 Å². The Morgan fingerprint density at radius 2 is 0.860 bits per heavy atom. The Morgan fingerprint density at radius 1 is 0.386 bits per heavy atom. The van der Waals surface area contributed by atoms with Crippen LogP contribution < -0.4 is 0 Å². The van der Waals surface area contributed by atoms with Crippen molar-refractivity contribution < 1.29 is 0 Å². The summed E-state index contributed by atoms with van der Waals surface area (Å²) >= 11 is 0. The summed E-state index contributed by atoms with van der Waals surface area (Å²) in [5, 5.41) is 5.97. The minimum atomic E-state index is 0.575. The first kappa shape index (κ1) is 31.7. The maximum absolute atomic E-state index is 5.26. The van der Waals surface area contributed by atoms with Gasteiger partial charge in [0, 0.05) is 55.1 Å². The van der Waals surface area contributed by atoms with Crippen LogP contribution in [0, 0.1) is 0 Å². The van der Waals surface area contributed by atoms with Crippen molar-refractivity contribution >= 4 is 60.6 Å². The number of aryl methyl sites for hydroxylation is 1. The number of nitrogens with zero attached hydrogens (tertiary/aromatic N) is 6. The molecule has 0 bridgehead atoms.